The summed E-state index contributed by atoms with van der Waals surface area (Å²) in [4.78, 5) is 25.9. The second-order valence-electron chi connectivity index (χ2n) is 6.47. The monoisotopic (exact) mass is 348 g/mol. The smallest absolute Gasteiger partial charge is 0.331 e. The lowest BCUT2D eigenvalue weighted by Gasteiger charge is -2.34. The Morgan fingerprint density at radius 3 is 2.72 bits per heavy atom. The minimum atomic E-state index is -0.631. The number of piperidine rings is 1. The molecular weight excluding hydrogens is 323 g/mol. The highest BCUT2D eigenvalue weighted by molar-refractivity contribution is 5.89. The summed E-state index contributed by atoms with van der Waals surface area (Å²) in [5, 5.41) is 2.90. The lowest BCUT2D eigenvalue weighted by Crippen LogP contribution is -2.47. The number of carbonyl (C=O) groups excluding carboxylic acids is 2. The summed E-state index contributed by atoms with van der Waals surface area (Å²) >= 11 is 0. The van der Waals surface area contributed by atoms with E-state index in [2.05, 4.69) is 24.1 Å². The molecule has 0 atom stereocenters. The van der Waals surface area contributed by atoms with E-state index in [-0.39, 0.29) is 24.4 Å². The van der Waals surface area contributed by atoms with Gasteiger partial charge in [0.15, 0.2) is 6.61 Å². The molecule has 1 aliphatic rings. The third-order valence-corrected chi connectivity index (χ3v) is 4.23. The molecule has 1 saturated heterocycles. The summed E-state index contributed by atoms with van der Waals surface area (Å²) in [5.74, 6) is -1.30. The highest BCUT2D eigenvalue weighted by Gasteiger charge is 2.22. The van der Waals surface area contributed by atoms with E-state index >= 15 is 0 Å². The molecule has 1 fully saturated rings. The van der Waals surface area contributed by atoms with Crippen LogP contribution in [-0.4, -0.2) is 48.6 Å². The third-order valence-electron chi connectivity index (χ3n) is 4.23. The molecule has 0 spiro atoms. The first-order valence-corrected chi connectivity index (χ1v) is 8.58. The van der Waals surface area contributed by atoms with Crippen LogP contribution in [0.5, 0.6) is 0 Å². The van der Waals surface area contributed by atoms with Gasteiger partial charge in [0, 0.05) is 31.2 Å². The molecule has 25 heavy (non-hydrogen) atoms. The van der Waals surface area contributed by atoms with Crippen molar-refractivity contribution in [3.05, 3.63) is 41.7 Å². The molecular formula is C19H25FN2O3. The quantitative estimate of drug-likeness (QED) is 0.633. The van der Waals surface area contributed by atoms with Gasteiger partial charge in [-0.05, 0) is 50.5 Å². The summed E-state index contributed by atoms with van der Waals surface area (Å²) in [6.45, 7) is 5.93. The van der Waals surface area contributed by atoms with E-state index in [1.165, 1.54) is 24.3 Å². The van der Waals surface area contributed by atoms with Crippen LogP contribution >= 0.6 is 0 Å². The van der Waals surface area contributed by atoms with Crippen LogP contribution in [0.2, 0.25) is 0 Å². The third kappa shape index (κ3) is 6.66. The first-order valence-electron chi connectivity index (χ1n) is 8.58. The number of amides is 1. The van der Waals surface area contributed by atoms with Crippen molar-refractivity contribution in [1.29, 1.82) is 0 Å². The van der Waals surface area contributed by atoms with Crippen LogP contribution in [0, 0.1) is 5.82 Å². The number of halogens is 1. The van der Waals surface area contributed by atoms with Crippen LogP contribution < -0.4 is 5.32 Å². The van der Waals surface area contributed by atoms with Crippen LogP contribution in [0.3, 0.4) is 0 Å². The molecule has 0 aliphatic carbocycles. The predicted molar refractivity (Wildman–Crippen MR) is 94.3 cm³/mol. The molecule has 0 unspecified atom stereocenters. The summed E-state index contributed by atoms with van der Waals surface area (Å²) in [7, 11) is 0. The number of benzene rings is 1. The number of hydrogen-bond donors (Lipinski definition) is 1. The molecule has 1 aromatic rings. The average molecular weight is 348 g/mol. The number of esters is 1. The van der Waals surface area contributed by atoms with Crippen molar-refractivity contribution in [3.63, 3.8) is 0 Å². The maximum Gasteiger partial charge on any atom is 0.331 e. The van der Waals surface area contributed by atoms with Crippen molar-refractivity contribution in [2.24, 2.45) is 0 Å². The van der Waals surface area contributed by atoms with Crippen molar-refractivity contribution >= 4 is 18.0 Å². The number of rotatable bonds is 6. The fourth-order valence-electron chi connectivity index (χ4n) is 2.79. The Bertz CT molecular complexity index is 623. The fourth-order valence-corrected chi connectivity index (χ4v) is 2.79. The second-order valence-corrected chi connectivity index (χ2v) is 6.47. The molecule has 0 aromatic heterocycles. The first kappa shape index (κ1) is 19.1. The SMILES string of the molecule is CC(C)N1CCC(NC(=O)COC(=O)/C=C\c2cccc(F)c2)CC1. The van der Waals surface area contributed by atoms with Gasteiger partial charge in [0.1, 0.15) is 5.82 Å². The highest BCUT2D eigenvalue weighted by Crippen LogP contribution is 2.12. The van der Waals surface area contributed by atoms with E-state index < -0.39 is 5.97 Å². The van der Waals surface area contributed by atoms with Crippen molar-refractivity contribution < 1.29 is 18.7 Å². The van der Waals surface area contributed by atoms with E-state index in [0.717, 1.165) is 25.9 Å². The maximum atomic E-state index is 13.0. The predicted octanol–water partition coefficient (Wildman–Crippen LogP) is 2.37. The van der Waals surface area contributed by atoms with Gasteiger partial charge < -0.3 is 15.0 Å². The summed E-state index contributed by atoms with van der Waals surface area (Å²) in [6.07, 6.45) is 4.43. The van der Waals surface area contributed by atoms with E-state index in [1.54, 1.807) is 12.1 Å². The molecule has 0 bridgehead atoms. The summed E-state index contributed by atoms with van der Waals surface area (Å²) in [6, 6.07) is 6.50. The van der Waals surface area contributed by atoms with Crippen LogP contribution in [0.15, 0.2) is 30.3 Å². The lowest BCUT2D eigenvalue weighted by molar-refractivity contribution is -0.144. The molecule has 0 radical (unpaired) electrons. The number of carbonyl (C=O) groups is 2. The number of nitrogens with zero attached hydrogens (tertiary/aromatic N) is 1. The Kier molecular flexibility index (Phi) is 7.13. The van der Waals surface area contributed by atoms with Gasteiger partial charge in [-0.1, -0.05) is 12.1 Å². The van der Waals surface area contributed by atoms with Crippen LogP contribution in [0.4, 0.5) is 4.39 Å². The van der Waals surface area contributed by atoms with Gasteiger partial charge in [-0.3, -0.25) is 4.79 Å². The average Bonchev–Trinajstić information content (AvgIpc) is 2.58. The zero-order valence-electron chi connectivity index (χ0n) is 14.7. The molecule has 1 aromatic carbocycles. The van der Waals surface area contributed by atoms with E-state index in [4.69, 9.17) is 4.74 Å². The van der Waals surface area contributed by atoms with Crippen molar-refractivity contribution in [3.8, 4) is 0 Å². The number of nitrogens with one attached hydrogen (secondary N) is 1. The molecule has 2 rings (SSSR count). The van der Waals surface area contributed by atoms with Gasteiger partial charge in [0.25, 0.3) is 5.91 Å². The Hall–Kier alpha value is -2.21. The highest BCUT2D eigenvalue weighted by atomic mass is 19.1. The Labute approximate surface area is 147 Å². The van der Waals surface area contributed by atoms with E-state index in [1.807, 2.05) is 0 Å². The van der Waals surface area contributed by atoms with Gasteiger partial charge in [0.05, 0.1) is 0 Å². The molecule has 5 nitrogen and oxygen atoms in total. The van der Waals surface area contributed by atoms with Gasteiger partial charge in [-0.2, -0.15) is 0 Å². The van der Waals surface area contributed by atoms with Crippen molar-refractivity contribution in [2.45, 2.75) is 38.8 Å². The molecule has 6 heteroatoms. The minimum Gasteiger partial charge on any atom is -0.452 e. The van der Waals surface area contributed by atoms with Crippen LogP contribution in [-0.2, 0) is 14.3 Å². The first-order chi connectivity index (χ1) is 11.9. The normalized spacial score (nSPS) is 16.3. The standard InChI is InChI=1S/C19H25FN2O3/c1-14(2)22-10-8-17(9-11-22)21-18(23)13-25-19(24)7-6-15-4-3-5-16(20)12-15/h3-7,12,14,17H,8-11,13H2,1-2H3,(H,21,23)/b7-6-. The Morgan fingerprint density at radius 2 is 2.08 bits per heavy atom. The van der Waals surface area contributed by atoms with Crippen molar-refractivity contribution in [2.75, 3.05) is 19.7 Å². The van der Waals surface area contributed by atoms with Gasteiger partial charge in [0.2, 0.25) is 0 Å². The molecule has 1 amide bonds. The largest absolute Gasteiger partial charge is 0.452 e. The van der Waals surface area contributed by atoms with E-state index in [9.17, 15) is 14.0 Å². The Morgan fingerprint density at radius 1 is 1.36 bits per heavy atom. The molecule has 136 valence electrons. The van der Waals surface area contributed by atoms with Crippen LogP contribution in [0.25, 0.3) is 6.08 Å². The maximum absolute atomic E-state index is 13.0. The molecule has 1 N–H and O–H groups in total. The topological polar surface area (TPSA) is 58.6 Å². The number of hydrogen-bond acceptors (Lipinski definition) is 4. The minimum absolute atomic E-state index is 0.129. The summed E-state index contributed by atoms with van der Waals surface area (Å²) in [5.41, 5.74) is 0.554. The fraction of sp³-hybridized carbons (Fsp3) is 0.474. The summed E-state index contributed by atoms with van der Waals surface area (Å²) < 4.78 is 17.9. The van der Waals surface area contributed by atoms with E-state index in [0.29, 0.717) is 11.6 Å². The zero-order valence-corrected chi connectivity index (χ0v) is 14.7. The van der Waals surface area contributed by atoms with Gasteiger partial charge >= 0.3 is 5.97 Å². The van der Waals surface area contributed by atoms with Gasteiger partial charge in [-0.15, -0.1) is 0 Å². The molecule has 1 aliphatic heterocycles. The van der Waals surface area contributed by atoms with Crippen molar-refractivity contribution in [1.82, 2.24) is 10.2 Å². The van der Waals surface area contributed by atoms with Gasteiger partial charge in [-0.25, -0.2) is 9.18 Å². The second kappa shape index (κ2) is 9.32. The molecule has 0 saturated carbocycles. The number of ether oxygens (including phenoxy) is 1. The number of likely N-dealkylation sites (tertiary alicyclic amines) is 1. The molecule has 1 heterocycles. The zero-order chi connectivity index (χ0) is 18.2. The lowest BCUT2D eigenvalue weighted by atomic mass is 10.0. The Balaban J connectivity index is 1.68. The van der Waals surface area contributed by atoms with Crippen LogP contribution in [0.1, 0.15) is 32.3 Å².